The van der Waals surface area contributed by atoms with E-state index < -0.39 is 0 Å². The van der Waals surface area contributed by atoms with Crippen molar-refractivity contribution in [1.82, 2.24) is 15.1 Å². The van der Waals surface area contributed by atoms with Gasteiger partial charge in [0.15, 0.2) is 0 Å². The van der Waals surface area contributed by atoms with Gasteiger partial charge in [0.05, 0.1) is 6.54 Å². The Bertz CT molecular complexity index is 264. The third-order valence-corrected chi connectivity index (χ3v) is 4.29. The maximum absolute atomic E-state index is 11.9. The highest BCUT2D eigenvalue weighted by Gasteiger charge is 2.40. The Kier molecular flexibility index (Phi) is 4.05. The molecule has 0 unspecified atom stereocenters. The lowest BCUT2D eigenvalue weighted by molar-refractivity contribution is -0.132. The molecule has 1 aliphatic carbocycles. The minimum atomic E-state index is 0.233. The molecule has 0 bridgehead atoms. The molecule has 0 radical (unpaired) electrons. The molecule has 2 aliphatic rings. The molecule has 0 aromatic heterocycles. The van der Waals surface area contributed by atoms with Crippen LogP contribution in [0.1, 0.15) is 32.1 Å². The minimum Gasteiger partial charge on any atom is -0.348 e. The van der Waals surface area contributed by atoms with Crippen molar-refractivity contribution in [2.24, 2.45) is 0 Å². The van der Waals surface area contributed by atoms with Gasteiger partial charge in [0.2, 0.25) is 5.91 Å². The number of carbonyl (C=O) groups is 1. The number of hydrogen-bond donors (Lipinski definition) is 1. The van der Waals surface area contributed by atoms with Crippen LogP contribution in [0.5, 0.6) is 0 Å². The van der Waals surface area contributed by atoms with Crippen LogP contribution in [0, 0.1) is 0 Å². The van der Waals surface area contributed by atoms with Crippen LogP contribution >= 0.6 is 0 Å². The Morgan fingerprint density at radius 2 is 2.00 bits per heavy atom. The molecule has 2 fully saturated rings. The molecule has 4 heteroatoms. The van der Waals surface area contributed by atoms with Gasteiger partial charge in [-0.1, -0.05) is 19.3 Å². The molecule has 1 aliphatic heterocycles. The number of nitrogens with one attached hydrogen (secondary N) is 1. The van der Waals surface area contributed by atoms with E-state index in [-0.39, 0.29) is 11.4 Å². The van der Waals surface area contributed by atoms with E-state index in [0.717, 1.165) is 19.6 Å². The zero-order chi connectivity index (χ0) is 12.3. The average molecular weight is 239 g/mol. The summed E-state index contributed by atoms with van der Waals surface area (Å²) in [6.07, 6.45) is 6.49. The highest BCUT2D eigenvalue weighted by Crippen LogP contribution is 2.34. The van der Waals surface area contributed by atoms with Crippen LogP contribution in [0.15, 0.2) is 0 Å². The van der Waals surface area contributed by atoms with Crippen LogP contribution in [0.25, 0.3) is 0 Å². The summed E-state index contributed by atoms with van der Waals surface area (Å²) in [5.41, 5.74) is 0.266. The van der Waals surface area contributed by atoms with Crippen molar-refractivity contribution >= 4 is 5.91 Å². The number of amides is 1. The standard InChI is InChI=1S/C13H25N3O/c1-15(2)12(17)10-16-9-8-14-11-13(16)6-4-3-5-7-13/h14H,3-11H2,1-2H3. The van der Waals surface area contributed by atoms with E-state index in [9.17, 15) is 4.79 Å². The Balaban J connectivity index is 2.03. The fourth-order valence-corrected chi connectivity index (χ4v) is 3.14. The lowest BCUT2D eigenvalue weighted by atomic mass is 9.79. The van der Waals surface area contributed by atoms with Crippen molar-refractivity contribution in [2.75, 3.05) is 40.3 Å². The molecule has 0 aromatic carbocycles. The lowest BCUT2D eigenvalue weighted by Crippen LogP contribution is -2.63. The van der Waals surface area contributed by atoms with Gasteiger partial charge >= 0.3 is 0 Å². The molecule has 1 saturated heterocycles. The summed E-state index contributed by atoms with van der Waals surface area (Å²) in [4.78, 5) is 16.0. The Labute approximate surface area is 104 Å². The fourth-order valence-electron chi connectivity index (χ4n) is 3.14. The molecule has 98 valence electrons. The van der Waals surface area contributed by atoms with Gasteiger partial charge in [0.1, 0.15) is 0 Å². The second kappa shape index (κ2) is 5.36. The molecule has 1 heterocycles. The molecule has 1 spiro atoms. The van der Waals surface area contributed by atoms with Crippen molar-refractivity contribution in [1.29, 1.82) is 0 Å². The highest BCUT2D eigenvalue weighted by molar-refractivity contribution is 5.77. The maximum atomic E-state index is 11.9. The fraction of sp³-hybridized carbons (Fsp3) is 0.923. The van der Waals surface area contributed by atoms with Gasteiger partial charge in [-0.05, 0) is 12.8 Å². The van der Waals surface area contributed by atoms with Crippen LogP contribution in [-0.2, 0) is 4.79 Å². The van der Waals surface area contributed by atoms with Gasteiger partial charge in [0.25, 0.3) is 0 Å². The zero-order valence-electron chi connectivity index (χ0n) is 11.2. The summed E-state index contributed by atoms with van der Waals surface area (Å²) in [5, 5.41) is 3.51. The number of hydrogen-bond acceptors (Lipinski definition) is 3. The van der Waals surface area contributed by atoms with Crippen LogP contribution in [-0.4, -0.2) is 61.5 Å². The van der Waals surface area contributed by atoms with Gasteiger partial charge in [-0.2, -0.15) is 0 Å². The highest BCUT2D eigenvalue weighted by atomic mass is 16.2. The van der Waals surface area contributed by atoms with E-state index in [2.05, 4.69) is 10.2 Å². The van der Waals surface area contributed by atoms with Crippen LogP contribution in [0.2, 0.25) is 0 Å². The van der Waals surface area contributed by atoms with Gasteiger partial charge in [-0.15, -0.1) is 0 Å². The first kappa shape index (κ1) is 12.8. The summed E-state index contributed by atoms with van der Waals surface area (Å²) < 4.78 is 0. The summed E-state index contributed by atoms with van der Waals surface area (Å²) in [6, 6.07) is 0. The molecule has 4 nitrogen and oxygen atoms in total. The molecule has 17 heavy (non-hydrogen) atoms. The summed E-state index contributed by atoms with van der Waals surface area (Å²) in [6.45, 7) is 3.68. The van der Waals surface area contributed by atoms with Gasteiger partial charge in [-0.3, -0.25) is 9.69 Å². The second-order valence-corrected chi connectivity index (χ2v) is 5.67. The topological polar surface area (TPSA) is 35.6 Å². The Morgan fingerprint density at radius 1 is 1.29 bits per heavy atom. The third-order valence-electron chi connectivity index (χ3n) is 4.29. The smallest absolute Gasteiger partial charge is 0.236 e. The molecule has 2 rings (SSSR count). The van der Waals surface area contributed by atoms with Crippen LogP contribution in [0.3, 0.4) is 0 Å². The normalized spacial score (nSPS) is 24.8. The molecule has 1 amide bonds. The largest absolute Gasteiger partial charge is 0.348 e. The Morgan fingerprint density at radius 3 is 2.65 bits per heavy atom. The van der Waals surface area contributed by atoms with Crippen molar-refractivity contribution in [3.8, 4) is 0 Å². The summed E-state index contributed by atoms with van der Waals surface area (Å²) in [7, 11) is 3.69. The van der Waals surface area contributed by atoms with Gasteiger partial charge in [-0.25, -0.2) is 0 Å². The monoisotopic (exact) mass is 239 g/mol. The van der Waals surface area contributed by atoms with Crippen LogP contribution in [0.4, 0.5) is 0 Å². The number of likely N-dealkylation sites (N-methyl/N-ethyl adjacent to an activating group) is 1. The first-order chi connectivity index (χ1) is 8.14. The predicted molar refractivity (Wildman–Crippen MR) is 69.0 cm³/mol. The Hall–Kier alpha value is -0.610. The van der Waals surface area contributed by atoms with Gasteiger partial charge in [0, 0.05) is 39.3 Å². The molecule has 1 N–H and O–H groups in total. The van der Waals surface area contributed by atoms with Crippen molar-refractivity contribution < 1.29 is 4.79 Å². The summed E-state index contributed by atoms with van der Waals surface area (Å²) in [5.74, 6) is 0.233. The van der Waals surface area contributed by atoms with Crippen molar-refractivity contribution in [3.05, 3.63) is 0 Å². The SMILES string of the molecule is CN(C)C(=O)CN1CCNCC12CCCCC2. The first-order valence-electron chi connectivity index (χ1n) is 6.80. The number of piperazine rings is 1. The number of carbonyl (C=O) groups excluding carboxylic acids is 1. The molecule has 0 atom stereocenters. The van der Waals surface area contributed by atoms with E-state index >= 15 is 0 Å². The molecule has 0 aromatic rings. The minimum absolute atomic E-state index is 0.233. The van der Waals surface area contributed by atoms with E-state index in [4.69, 9.17) is 0 Å². The number of nitrogens with zero attached hydrogens (tertiary/aromatic N) is 2. The predicted octanol–water partition coefficient (Wildman–Crippen LogP) is 0.683. The van der Waals surface area contributed by atoms with E-state index in [1.807, 2.05) is 14.1 Å². The zero-order valence-corrected chi connectivity index (χ0v) is 11.2. The van der Waals surface area contributed by atoms with Crippen molar-refractivity contribution in [2.45, 2.75) is 37.6 Å². The van der Waals surface area contributed by atoms with Crippen molar-refractivity contribution in [3.63, 3.8) is 0 Å². The molecular weight excluding hydrogens is 214 g/mol. The first-order valence-corrected chi connectivity index (χ1v) is 6.80. The van der Waals surface area contributed by atoms with Crippen LogP contribution < -0.4 is 5.32 Å². The quantitative estimate of drug-likeness (QED) is 0.770. The maximum Gasteiger partial charge on any atom is 0.236 e. The second-order valence-electron chi connectivity index (χ2n) is 5.67. The van der Waals surface area contributed by atoms with E-state index in [1.54, 1.807) is 4.90 Å². The third kappa shape index (κ3) is 2.80. The van der Waals surface area contributed by atoms with Gasteiger partial charge < -0.3 is 10.2 Å². The average Bonchev–Trinajstić information content (AvgIpc) is 2.33. The molecular formula is C13H25N3O. The van der Waals surface area contributed by atoms with E-state index in [1.165, 1.54) is 32.1 Å². The molecule has 1 saturated carbocycles. The lowest BCUT2D eigenvalue weighted by Gasteiger charge is -2.49. The van der Waals surface area contributed by atoms with E-state index in [0.29, 0.717) is 6.54 Å². The number of rotatable bonds is 2. The summed E-state index contributed by atoms with van der Waals surface area (Å²) >= 11 is 0.